The van der Waals surface area contributed by atoms with Gasteiger partial charge in [0.1, 0.15) is 5.75 Å². The number of aromatic nitrogens is 3. The fourth-order valence-electron chi connectivity index (χ4n) is 3.17. The van der Waals surface area contributed by atoms with Gasteiger partial charge >= 0.3 is 6.18 Å². The SMILES string of the molecule is CC(NCc1cccnc1Oc1cccc(C(F)(F)F)c1)c1[nH]nc2ccccc12. The van der Waals surface area contributed by atoms with Gasteiger partial charge in [-0.3, -0.25) is 5.10 Å². The molecule has 4 aromatic rings. The zero-order valence-corrected chi connectivity index (χ0v) is 16.1. The molecule has 0 spiro atoms. The predicted molar refractivity (Wildman–Crippen MR) is 107 cm³/mol. The molecule has 0 aliphatic rings. The maximum absolute atomic E-state index is 13.0. The fraction of sp³-hybridized carbons (Fsp3) is 0.182. The highest BCUT2D eigenvalue weighted by atomic mass is 19.4. The lowest BCUT2D eigenvalue weighted by Crippen LogP contribution is -2.19. The third-order valence-corrected chi connectivity index (χ3v) is 4.75. The number of para-hydroxylation sites is 1. The zero-order chi connectivity index (χ0) is 21.1. The number of alkyl halides is 3. The van der Waals surface area contributed by atoms with Gasteiger partial charge in [0.25, 0.3) is 0 Å². The maximum atomic E-state index is 13.0. The predicted octanol–water partition coefficient (Wildman–Crippen LogP) is 5.62. The number of fused-ring (bicyclic) bond motifs is 1. The van der Waals surface area contributed by atoms with Crippen molar-refractivity contribution in [1.29, 1.82) is 0 Å². The first-order valence-corrected chi connectivity index (χ1v) is 9.37. The first-order chi connectivity index (χ1) is 14.4. The van der Waals surface area contributed by atoms with E-state index < -0.39 is 11.7 Å². The minimum absolute atomic E-state index is 0.0426. The van der Waals surface area contributed by atoms with Crippen LogP contribution >= 0.6 is 0 Å². The van der Waals surface area contributed by atoms with Crippen molar-refractivity contribution in [3.05, 3.63) is 83.7 Å². The Hall–Kier alpha value is -3.39. The average molecular weight is 412 g/mol. The Balaban J connectivity index is 1.50. The second kappa shape index (κ2) is 8.16. The van der Waals surface area contributed by atoms with Crippen LogP contribution in [0.5, 0.6) is 11.6 Å². The van der Waals surface area contributed by atoms with E-state index in [1.165, 1.54) is 18.3 Å². The second-order valence-electron chi connectivity index (χ2n) is 6.85. The second-order valence-corrected chi connectivity index (χ2v) is 6.85. The van der Waals surface area contributed by atoms with E-state index in [1.54, 1.807) is 6.07 Å². The highest BCUT2D eigenvalue weighted by Crippen LogP contribution is 2.33. The number of halogens is 3. The minimum Gasteiger partial charge on any atom is -0.439 e. The Morgan fingerprint density at radius 3 is 2.73 bits per heavy atom. The zero-order valence-electron chi connectivity index (χ0n) is 16.1. The molecule has 0 saturated heterocycles. The maximum Gasteiger partial charge on any atom is 0.416 e. The van der Waals surface area contributed by atoms with Crippen LogP contribution in [0, 0.1) is 0 Å². The molecule has 1 atom stereocenters. The fourth-order valence-corrected chi connectivity index (χ4v) is 3.17. The van der Waals surface area contributed by atoms with Gasteiger partial charge in [-0.15, -0.1) is 0 Å². The summed E-state index contributed by atoms with van der Waals surface area (Å²) in [7, 11) is 0. The monoisotopic (exact) mass is 412 g/mol. The number of benzene rings is 2. The van der Waals surface area contributed by atoms with Crippen LogP contribution in [0.1, 0.15) is 29.8 Å². The lowest BCUT2D eigenvalue weighted by Gasteiger charge is -2.15. The molecule has 1 unspecified atom stereocenters. The number of pyridine rings is 1. The Labute approximate surface area is 170 Å². The normalized spacial score (nSPS) is 12.8. The van der Waals surface area contributed by atoms with Gasteiger partial charge in [-0.05, 0) is 37.3 Å². The van der Waals surface area contributed by atoms with Crippen molar-refractivity contribution in [2.24, 2.45) is 0 Å². The Morgan fingerprint density at radius 1 is 1.07 bits per heavy atom. The summed E-state index contributed by atoms with van der Waals surface area (Å²) in [6, 6.07) is 16.1. The number of hydrogen-bond acceptors (Lipinski definition) is 4. The van der Waals surface area contributed by atoms with Crippen LogP contribution < -0.4 is 10.1 Å². The number of ether oxygens (including phenoxy) is 1. The van der Waals surface area contributed by atoms with Gasteiger partial charge in [-0.1, -0.05) is 30.3 Å². The van der Waals surface area contributed by atoms with E-state index >= 15 is 0 Å². The van der Waals surface area contributed by atoms with Crippen LogP contribution in [0.3, 0.4) is 0 Å². The quantitative estimate of drug-likeness (QED) is 0.432. The molecule has 30 heavy (non-hydrogen) atoms. The van der Waals surface area contributed by atoms with E-state index in [-0.39, 0.29) is 17.7 Å². The molecule has 0 bridgehead atoms. The molecular formula is C22H19F3N4O. The smallest absolute Gasteiger partial charge is 0.416 e. The Bertz CT molecular complexity index is 1160. The van der Waals surface area contributed by atoms with Crippen molar-refractivity contribution in [3.8, 4) is 11.6 Å². The van der Waals surface area contributed by atoms with Gasteiger partial charge in [0.15, 0.2) is 0 Å². The molecule has 8 heteroatoms. The largest absolute Gasteiger partial charge is 0.439 e. The molecule has 2 aromatic carbocycles. The molecule has 0 fully saturated rings. The molecule has 0 aliphatic heterocycles. The molecule has 4 rings (SSSR count). The number of H-pyrrole nitrogens is 1. The molecule has 0 aliphatic carbocycles. The first-order valence-electron chi connectivity index (χ1n) is 9.37. The van der Waals surface area contributed by atoms with Crippen LogP contribution in [-0.2, 0) is 12.7 Å². The summed E-state index contributed by atoms with van der Waals surface area (Å²) >= 11 is 0. The van der Waals surface area contributed by atoms with E-state index in [4.69, 9.17) is 4.74 Å². The van der Waals surface area contributed by atoms with Gasteiger partial charge in [0.05, 0.1) is 16.8 Å². The van der Waals surface area contributed by atoms with E-state index in [1.807, 2.05) is 37.3 Å². The van der Waals surface area contributed by atoms with Crippen molar-refractivity contribution in [3.63, 3.8) is 0 Å². The molecule has 154 valence electrons. The Morgan fingerprint density at radius 2 is 1.90 bits per heavy atom. The Kier molecular flexibility index (Phi) is 5.41. The molecule has 0 amide bonds. The molecule has 0 saturated carbocycles. The van der Waals surface area contributed by atoms with Gasteiger partial charge < -0.3 is 10.1 Å². The number of hydrogen-bond donors (Lipinski definition) is 2. The minimum atomic E-state index is -4.43. The van der Waals surface area contributed by atoms with Crippen LogP contribution in [-0.4, -0.2) is 15.2 Å². The lowest BCUT2D eigenvalue weighted by molar-refractivity contribution is -0.137. The van der Waals surface area contributed by atoms with Crippen LogP contribution in [0.4, 0.5) is 13.2 Å². The molecular weight excluding hydrogens is 393 g/mol. The highest BCUT2D eigenvalue weighted by Gasteiger charge is 2.30. The lowest BCUT2D eigenvalue weighted by atomic mass is 10.1. The van der Waals surface area contributed by atoms with Crippen molar-refractivity contribution in [1.82, 2.24) is 20.5 Å². The topological polar surface area (TPSA) is 62.8 Å². The van der Waals surface area contributed by atoms with Gasteiger partial charge in [-0.2, -0.15) is 18.3 Å². The van der Waals surface area contributed by atoms with Crippen molar-refractivity contribution in [2.75, 3.05) is 0 Å². The van der Waals surface area contributed by atoms with Crippen molar-refractivity contribution >= 4 is 10.9 Å². The van der Waals surface area contributed by atoms with Crippen molar-refractivity contribution < 1.29 is 17.9 Å². The standard InChI is InChI=1S/C22H19F3N4O/c1-14(20-18-9-2-3-10-19(18)28-29-20)27-13-15-6-5-11-26-21(15)30-17-8-4-7-16(12-17)22(23,24)25/h2-12,14,27H,13H2,1H3,(H,28,29). The van der Waals surface area contributed by atoms with Gasteiger partial charge in [-0.25, -0.2) is 4.98 Å². The third-order valence-electron chi connectivity index (χ3n) is 4.75. The molecule has 2 heterocycles. The van der Waals surface area contributed by atoms with Crippen LogP contribution in [0.25, 0.3) is 10.9 Å². The van der Waals surface area contributed by atoms with E-state index in [0.717, 1.165) is 34.3 Å². The summed E-state index contributed by atoms with van der Waals surface area (Å²) in [5, 5.41) is 11.8. The number of rotatable bonds is 6. The molecule has 0 radical (unpaired) electrons. The van der Waals surface area contributed by atoms with Gasteiger partial charge in [0, 0.05) is 29.7 Å². The summed E-state index contributed by atoms with van der Waals surface area (Å²) in [5.74, 6) is 0.336. The first kappa shape index (κ1) is 19.9. The number of nitrogens with one attached hydrogen (secondary N) is 2. The number of nitrogens with zero attached hydrogens (tertiary/aromatic N) is 2. The van der Waals surface area contributed by atoms with Crippen molar-refractivity contribution in [2.45, 2.75) is 25.7 Å². The van der Waals surface area contributed by atoms with Gasteiger partial charge in [0.2, 0.25) is 5.88 Å². The molecule has 5 nitrogen and oxygen atoms in total. The summed E-state index contributed by atoms with van der Waals surface area (Å²) in [6.07, 6.45) is -2.89. The summed E-state index contributed by atoms with van der Waals surface area (Å²) in [4.78, 5) is 4.19. The summed E-state index contributed by atoms with van der Waals surface area (Å²) in [5.41, 5.74) is 1.80. The van der Waals surface area contributed by atoms with E-state index in [2.05, 4.69) is 20.5 Å². The highest BCUT2D eigenvalue weighted by molar-refractivity contribution is 5.81. The average Bonchev–Trinajstić information content (AvgIpc) is 3.17. The third kappa shape index (κ3) is 4.28. The summed E-state index contributed by atoms with van der Waals surface area (Å²) < 4.78 is 44.5. The number of aromatic amines is 1. The van der Waals surface area contributed by atoms with E-state index in [9.17, 15) is 13.2 Å². The summed E-state index contributed by atoms with van der Waals surface area (Å²) in [6.45, 7) is 2.42. The van der Waals surface area contributed by atoms with Crippen LogP contribution in [0.2, 0.25) is 0 Å². The molecule has 2 N–H and O–H groups in total. The van der Waals surface area contributed by atoms with E-state index in [0.29, 0.717) is 6.54 Å². The molecule has 2 aromatic heterocycles. The van der Waals surface area contributed by atoms with Crippen LogP contribution in [0.15, 0.2) is 66.9 Å².